The zero-order chi connectivity index (χ0) is 21.7. The number of rotatable bonds is 3. The van der Waals surface area contributed by atoms with Crippen LogP contribution in [-0.2, 0) is 12.8 Å². The summed E-state index contributed by atoms with van der Waals surface area (Å²) in [6.45, 7) is 1.98. The quantitative estimate of drug-likeness (QED) is 0.406. The third-order valence-corrected chi connectivity index (χ3v) is 6.65. The maximum atomic E-state index is 6.01. The molecule has 0 radical (unpaired) electrons. The van der Waals surface area contributed by atoms with Crippen molar-refractivity contribution in [2.45, 2.75) is 12.8 Å². The molecule has 0 fully saturated rings. The molecule has 2 aliphatic rings. The first kappa shape index (κ1) is 18.8. The van der Waals surface area contributed by atoms with Crippen LogP contribution < -0.4 is 21.3 Å². The summed E-state index contributed by atoms with van der Waals surface area (Å²) in [5.74, 6) is 0. The van der Waals surface area contributed by atoms with E-state index in [1.54, 1.807) is 0 Å². The van der Waals surface area contributed by atoms with Crippen LogP contribution in [0.1, 0.15) is 11.1 Å². The third kappa shape index (κ3) is 3.16. The second kappa shape index (κ2) is 7.34. The molecular weight excluding hydrogens is 392 g/mol. The third-order valence-electron chi connectivity index (χ3n) is 6.65. The average molecular weight is 419 g/mol. The van der Waals surface area contributed by atoms with Gasteiger partial charge in [-0.2, -0.15) is 0 Å². The molecule has 0 atom stereocenters. The summed E-state index contributed by atoms with van der Waals surface area (Å²) >= 11 is 0. The Morgan fingerprint density at radius 1 is 0.531 bits per heavy atom. The van der Waals surface area contributed by atoms with Crippen LogP contribution in [0.5, 0.6) is 0 Å². The van der Waals surface area contributed by atoms with Crippen molar-refractivity contribution in [1.29, 1.82) is 0 Å². The predicted molar refractivity (Wildman–Crippen MR) is 135 cm³/mol. The molecule has 4 nitrogen and oxygen atoms in total. The van der Waals surface area contributed by atoms with Crippen LogP contribution in [0.4, 0.5) is 34.1 Å². The molecule has 0 saturated heterocycles. The predicted octanol–water partition coefficient (Wildman–Crippen LogP) is 5.91. The molecule has 2 aliphatic heterocycles. The summed E-state index contributed by atoms with van der Waals surface area (Å²) < 4.78 is 0. The molecule has 0 saturated carbocycles. The molecule has 0 spiro atoms. The number of anilines is 6. The summed E-state index contributed by atoms with van der Waals surface area (Å²) in [5, 5.41) is 0. The first-order chi connectivity index (χ1) is 15.7. The van der Waals surface area contributed by atoms with Gasteiger partial charge in [-0.25, -0.2) is 0 Å². The number of fused-ring (bicyclic) bond motifs is 2. The van der Waals surface area contributed by atoms with E-state index in [2.05, 4.69) is 70.5 Å². The molecule has 0 bridgehead atoms. The lowest BCUT2D eigenvalue weighted by Crippen LogP contribution is -2.13. The Morgan fingerprint density at radius 3 is 1.44 bits per heavy atom. The Balaban J connectivity index is 1.30. The lowest BCUT2D eigenvalue weighted by molar-refractivity contribution is 0.998. The van der Waals surface area contributed by atoms with Crippen molar-refractivity contribution in [3.63, 3.8) is 0 Å². The van der Waals surface area contributed by atoms with Gasteiger partial charge in [0, 0.05) is 47.2 Å². The van der Waals surface area contributed by atoms with Gasteiger partial charge < -0.3 is 21.3 Å². The van der Waals surface area contributed by atoms with Crippen LogP contribution in [0.15, 0.2) is 84.9 Å². The number of nitrogens with two attached hydrogens (primary N) is 2. The summed E-state index contributed by atoms with van der Waals surface area (Å²) in [7, 11) is 0. The second-order valence-corrected chi connectivity index (χ2v) is 8.68. The Morgan fingerprint density at radius 2 is 1.00 bits per heavy atom. The first-order valence-corrected chi connectivity index (χ1v) is 11.2. The second-order valence-electron chi connectivity index (χ2n) is 8.68. The van der Waals surface area contributed by atoms with E-state index < -0.39 is 0 Å². The fourth-order valence-electron chi connectivity index (χ4n) is 5.08. The molecule has 0 aliphatic carbocycles. The molecule has 158 valence electrons. The Bertz CT molecular complexity index is 1220. The van der Waals surface area contributed by atoms with Crippen LogP contribution in [0.25, 0.3) is 11.1 Å². The van der Waals surface area contributed by atoms with Gasteiger partial charge in [0.1, 0.15) is 0 Å². The molecule has 6 rings (SSSR count). The van der Waals surface area contributed by atoms with Gasteiger partial charge in [0.25, 0.3) is 0 Å². The standard InChI is InChI=1S/C28H26N4/c29-23-3-1-5-25(17-23)31-13-11-21-15-19(7-9-27(21)31)20-8-10-28-22(16-20)12-14-32(28)26-6-2-4-24(30)18-26/h1-10,15-18H,11-14,29-30H2. The molecule has 4 aromatic carbocycles. The van der Waals surface area contributed by atoms with E-state index in [1.807, 2.05) is 24.3 Å². The van der Waals surface area contributed by atoms with Crippen molar-refractivity contribution in [2.24, 2.45) is 0 Å². The number of nitrogens with zero attached hydrogens (tertiary/aromatic N) is 2. The Kier molecular flexibility index (Phi) is 4.32. The van der Waals surface area contributed by atoms with E-state index in [0.29, 0.717) is 0 Å². The van der Waals surface area contributed by atoms with E-state index in [-0.39, 0.29) is 0 Å². The number of hydrogen-bond acceptors (Lipinski definition) is 4. The van der Waals surface area contributed by atoms with E-state index in [1.165, 1.54) is 33.6 Å². The van der Waals surface area contributed by atoms with Crippen molar-refractivity contribution in [1.82, 2.24) is 0 Å². The van der Waals surface area contributed by atoms with E-state index in [9.17, 15) is 0 Å². The van der Waals surface area contributed by atoms with Gasteiger partial charge in [-0.1, -0.05) is 24.3 Å². The molecule has 0 unspecified atom stereocenters. The highest BCUT2D eigenvalue weighted by molar-refractivity contribution is 5.79. The molecule has 0 aromatic heterocycles. The maximum absolute atomic E-state index is 6.01. The summed E-state index contributed by atoms with van der Waals surface area (Å²) in [6, 6.07) is 30.0. The average Bonchev–Trinajstić information content (AvgIpc) is 3.42. The van der Waals surface area contributed by atoms with Crippen molar-refractivity contribution < 1.29 is 0 Å². The van der Waals surface area contributed by atoms with Gasteiger partial charge in [0.15, 0.2) is 0 Å². The molecular formula is C28H26N4. The summed E-state index contributed by atoms with van der Waals surface area (Å²) in [6.07, 6.45) is 2.10. The normalized spacial score (nSPS) is 14.5. The summed E-state index contributed by atoms with van der Waals surface area (Å²) in [4.78, 5) is 4.73. The Labute approximate surface area is 188 Å². The number of benzene rings is 4. The Hall–Kier alpha value is -3.92. The number of hydrogen-bond donors (Lipinski definition) is 2. The highest BCUT2D eigenvalue weighted by Gasteiger charge is 2.23. The minimum absolute atomic E-state index is 0.804. The van der Waals surface area contributed by atoms with Crippen LogP contribution in [0.3, 0.4) is 0 Å². The van der Waals surface area contributed by atoms with Crippen molar-refractivity contribution >= 4 is 34.1 Å². The minimum Gasteiger partial charge on any atom is -0.399 e. The van der Waals surface area contributed by atoms with Gasteiger partial charge >= 0.3 is 0 Å². The fraction of sp³-hybridized carbons (Fsp3) is 0.143. The van der Waals surface area contributed by atoms with Gasteiger partial charge in [0.2, 0.25) is 0 Å². The lowest BCUT2D eigenvalue weighted by atomic mass is 9.99. The van der Waals surface area contributed by atoms with Gasteiger partial charge in [-0.3, -0.25) is 0 Å². The van der Waals surface area contributed by atoms with E-state index >= 15 is 0 Å². The van der Waals surface area contributed by atoms with Gasteiger partial charge in [-0.05, 0) is 95.8 Å². The smallest absolute Gasteiger partial charge is 0.0444 e. The topological polar surface area (TPSA) is 58.5 Å². The minimum atomic E-state index is 0.804. The summed E-state index contributed by atoms with van der Waals surface area (Å²) in [5.41, 5.74) is 23.9. The fourth-order valence-corrected chi connectivity index (χ4v) is 5.08. The largest absolute Gasteiger partial charge is 0.399 e. The highest BCUT2D eigenvalue weighted by Crippen LogP contribution is 2.40. The van der Waals surface area contributed by atoms with Crippen LogP contribution in [-0.4, -0.2) is 13.1 Å². The molecule has 2 heterocycles. The van der Waals surface area contributed by atoms with Crippen molar-refractivity contribution in [3.05, 3.63) is 96.1 Å². The number of nitrogen functional groups attached to an aromatic ring is 2. The van der Waals surface area contributed by atoms with Crippen LogP contribution >= 0.6 is 0 Å². The SMILES string of the molecule is Nc1cccc(N2CCc3cc(-c4ccc5c(c4)CCN5c4cccc(N)c4)ccc32)c1. The van der Waals surface area contributed by atoms with Crippen molar-refractivity contribution in [2.75, 3.05) is 34.4 Å². The van der Waals surface area contributed by atoms with Crippen LogP contribution in [0, 0.1) is 0 Å². The maximum Gasteiger partial charge on any atom is 0.0444 e. The molecule has 4 aromatic rings. The van der Waals surface area contributed by atoms with E-state index in [4.69, 9.17) is 11.5 Å². The van der Waals surface area contributed by atoms with Crippen molar-refractivity contribution in [3.8, 4) is 11.1 Å². The van der Waals surface area contributed by atoms with Crippen LogP contribution in [0.2, 0.25) is 0 Å². The highest BCUT2D eigenvalue weighted by atomic mass is 15.2. The first-order valence-electron chi connectivity index (χ1n) is 11.2. The molecule has 32 heavy (non-hydrogen) atoms. The van der Waals surface area contributed by atoms with Gasteiger partial charge in [-0.15, -0.1) is 0 Å². The lowest BCUT2D eigenvalue weighted by Gasteiger charge is -2.21. The van der Waals surface area contributed by atoms with E-state index in [0.717, 1.165) is 48.7 Å². The van der Waals surface area contributed by atoms with Gasteiger partial charge in [0.05, 0.1) is 0 Å². The molecule has 0 amide bonds. The zero-order valence-corrected chi connectivity index (χ0v) is 18.0. The monoisotopic (exact) mass is 418 g/mol. The molecule has 4 heteroatoms. The zero-order valence-electron chi connectivity index (χ0n) is 18.0. The molecule has 4 N–H and O–H groups in total.